The lowest BCUT2D eigenvalue weighted by atomic mass is 9.50. The van der Waals surface area contributed by atoms with Gasteiger partial charge in [0.05, 0.1) is 24.5 Å². The molecule has 13 heteroatoms. The maximum absolute atomic E-state index is 13.0. The molecular formula is C33H35NO12. The summed E-state index contributed by atoms with van der Waals surface area (Å²) in [5.74, 6) is -3.70. The molecule has 0 saturated carbocycles. The van der Waals surface area contributed by atoms with E-state index in [4.69, 9.17) is 23.7 Å². The van der Waals surface area contributed by atoms with Gasteiger partial charge >= 0.3 is 23.9 Å². The van der Waals surface area contributed by atoms with E-state index in [-0.39, 0.29) is 23.8 Å². The maximum Gasteiger partial charge on any atom is 0.349 e. The molecule has 0 aromatic heterocycles. The second kappa shape index (κ2) is 11.7. The molecule has 3 N–H and O–H groups in total. The normalized spacial score (nSPS) is 27.5. The highest BCUT2D eigenvalue weighted by Crippen LogP contribution is 2.65. The van der Waals surface area contributed by atoms with Crippen molar-refractivity contribution in [2.24, 2.45) is 0 Å². The van der Waals surface area contributed by atoms with Crippen LogP contribution in [0.1, 0.15) is 49.0 Å². The number of likely N-dealkylation sites (N-methyl/N-ethyl adjacent to an activating group) is 1. The van der Waals surface area contributed by atoms with Crippen molar-refractivity contribution in [1.82, 2.24) is 4.90 Å². The Morgan fingerprint density at radius 2 is 1.83 bits per heavy atom. The topological polar surface area (TPSA) is 178 Å². The van der Waals surface area contributed by atoms with Crippen molar-refractivity contribution >= 4 is 23.9 Å². The van der Waals surface area contributed by atoms with Crippen molar-refractivity contribution in [3.05, 3.63) is 71.0 Å². The summed E-state index contributed by atoms with van der Waals surface area (Å²) in [7, 11) is 3.50. The van der Waals surface area contributed by atoms with Gasteiger partial charge in [-0.1, -0.05) is 36.4 Å². The summed E-state index contributed by atoms with van der Waals surface area (Å²) < 4.78 is 27.7. The number of carboxylic acid groups (broad SMARTS) is 1. The van der Waals surface area contributed by atoms with Crippen molar-refractivity contribution in [3.63, 3.8) is 0 Å². The average Bonchev–Trinajstić information content (AvgIpc) is 3.39. The molecule has 2 heterocycles. The van der Waals surface area contributed by atoms with Gasteiger partial charge in [0, 0.05) is 23.6 Å². The van der Waals surface area contributed by atoms with Crippen LogP contribution in [0.3, 0.4) is 0 Å². The average molecular weight is 638 g/mol. The molecule has 4 aliphatic rings. The molecule has 244 valence electrons. The van der Waals surface area contributed by atoms with Gasteiger partial charge in [-0.3, -0.25) is 4.79 Å². The first-order chi connectivity index (χ1) is 21.9. The third-order valence-electron chi connectivity index (χ3n) is 9.61. The van der Waals surface area contributed by atoms with Gasteiger partial charge in [0.15, 0.2) is 29.8 Å². The van der Waals surface area contributed by atoms with Crippen LogP contribution in [-0.4, -0.2) is 94.8 Å². The van der Waals surface area contributed by atoms with Crippen LogP contribution in [0, 0.1) is 0 Å². The van der Waals surface area contributed by atoms with Gasteiger partial charge in [-0.2, -0.15) is 0 Å². The number of methoxy groups -OCH3 is 1. The number of likely N-dealkylation sites (tertiary alicyclic amines) is 1. The van der Waals surface area contributed by atoms with Gasteiger partial charge in [-0.15, -0.1) is 0 Å². The van der Waals surface area contributed by atoms with E-state index in [0.717, 1.165) is 18.1 Å². The zero-order valence-corrected chi connectivity index (χ0v) is 25.5. The Labute approximate surface area is 264 Å². The number of nitrogens with zero attached hydrogens (tertiary/aromatic N) is 1. The highest BCUT2D eigenvalue weighted by atomic mass is 16.6. The van der Waals surface area contributed by atoms with Gasteiger partial charge in [-0.25, -0.2) is 14.4 Å². The number of piperidine rings is 1. The number of aliphatic carboxylic acids is 1. The third kappa shape index (κ3) is 4.89. The van der Waals surface area contributed by atoms with E-state index in [0.29, 0.717) is 30.9 Å². The fourth-order valence-corrected chi connectivity index (χ4v) is 7.40. The van der Waals surface area contributed by atoms with Crippen LogP contribution in [0.5, 0.6) is 11.5 Å². The fourth-order valence-electron chi connectivity index (χ4n) is 7.40. The minimum absolute atomic E-state index is 0.155. The Morgan fingerprint density at radius 1 is 1.09 bits per heavy atom. The smallest absolute Gasteiger partial charge is 0.349 e. The number of ether oxygens (including phenoxy) is 5. The van der Waals surface area contributed by atoms with Crippen LogP contribution in [0.15, 0.2) is 54.3 Å². The molecule has 2 bridgehead atoms. The van der Waals surface area contributed by atoms with Crippen molar-refractivity contribution in [3.8, 4) is 11.5 Å². The molecule has 1 saturated heterocycles. The maximum atomic E-state index is 13.0. The summed E-state index contributed by atoms with van der Waals surface area (Å²) in [4.78, 5) is 51.9. The van der Waals surface area contributed by atoms with Crippen LogP contribution in [-0.2, 0) is 45.2 Å². The van der Waals surface area contributed by atoms with Crippen molar-refractivity contribution in [2.45, 2.75) is 74.1 Å². The van der Waals surface area contributed by atoms with Crippen LogP contribution in [0.4, 0.5) is 0 Å². The second-order valence-corrected chi connectivity index (χ2v) is 12.1. The van der Waals surface area contributed by atoms with Crippen molar-refractivity contribution in [2.75, 3.05) is 20.7 Å². The summed E-state index contributed by atoms with van der Waals surface area (Å²) in [6, 6.07) is 11.3. The van der Waals surface area contributed by atoms with E-state index < -0.39 is 65.7 Å². The van der Waals surface area contributed by atoms with E-state index in [1.807, 2.05) is 19.2 Å². The van der Waals surface area contributed by atoms with E-state index >= 15 is 0 Å². The van der Waals surface area contributed by atoms with E-state index in [9.17, 15) is 34.5 Å². The molecule has 1 spiro atoms. The SMILES string of the molecule is COc1ccc2c3c1O[C@H]1C(OC(=O)C[C@H](O)C(=O)O[C@@H](C)C(=O)O[C@H](C(=O)O)c4ccccc4)=CC[C@@]4(O)[C@H](C2)N(C)CC[C@]314. The molecule has 1 fully saturated rings. The van der Waals surface area contributed by atoms with E-state index in [2.05, 4.69) is 4.90 Å². The number of hydrogen-bond acceptors (Lipinski definition) is 12. The quantitative estimate of drug-likeness (QED) is 0.253. The number of hydrogen-bond donors (Lipinski definition) is 3. The highest BCUT2D eigenvalue weighted by Gasteiger charge is 2.72. The number of carbonyl (C=O) groups is 4. The van der Waals surface area contributed by atoms with Crippen LogP contribution in [0.2, 0.25) is 0 Å². The molecule has 6 rings (SSSR count). The highest BCUT2D eigenvalue weighted by molar-refractivity contribution is 5.86. The van der Waals surface area contributed by atoms with Gasteiger partial charge < -0.3 is 43.9 Å². The summed E-state index contributed by atoms with van der Waals surface area (Å²) >= 11 is 0. The summed E-state index contributed by atoms with van der Waals surface area (Å²) in [6.45, 7) is 1.83. The first-order valence-corrected chi connectivity index (χ1v) is 15.0. The van der Waals surface area contributed by atoms with Crippen LogP contribution < -0.4 is 9.47 Å². The minimum atomic E-state index is -2.00. The zero-order valence-electron chi connectivity index (χ0n) is 25.5. The summed E-state index contributed by atoms with van der Waals surface area (Å²) in [5, 5.41) is 32.2. The number of benzene rings is 2. The first kappa shape index (κ1) is 31.5. The Hall–Kier alpha value is -4.46. The second-order valence-electron chi connectivity index (χ2n) is 12.1. The molecule has 0 unspecified atom stereocenters. The molecule has 0 radical (unpaired) electrons. The molecule has 46 heavy (non-hydrogen) atoms. The van der Waals surface area contributed by atoms with Crippen LogP contribution in [0.25, 0.3) is 0 Å². The number of carbonyl (C=O) groups excluding carboxylic acids is 3. The van der Waals surface area contributed by atoms with Gasteiger partial charge in [-0.05, 0) is 51.1 Å². The van der Waals surface area contributed by atoms with E-state index in [1.54, 1.807) is 24.3 Å². The fraction of sp³-hybridized carbons (Fsp3) is 0.455. The Morgan fingerprint density at radius 3 is 2.52 bits per heavy atom. The molecule has 2 aromatic carbocycles. The molecule has 13 nitrogen and oxygen atoms in total. The lowest BCUT2D eigenvalue weighted by Crippen LogP contribution is -2.74. The lowest BCUT2D eigenvalue weighted by molar-refractivity contribution is -0.180. The Kier molecular flexibility index (Phi) is 8.03. The number of carboxylic acids is 1. The molecular weight excluding hydrogens is 602 g/mol. The number of rotatable bonds is 10. The number of aliphatic hydroxyl groups is 2. The number of aliphatic hydroxyl groups excluding tert-OH is 1. The van der Waals surface area contributed by atoms with Crippen molar-refractivity contribution < 1.29 is 58.2 Å². The largest absolute Gasteiger partial charge is 0.493 e. The standard InChI is InChI=1S/C33H35NO12/c1-17(30(39)46-26(29(37)38)18-7-5-4-6-8-18)43-31(40)20(35)16-24(36)44-22-11-12-33(41)23-15-19-9-10-21(42-3)27-25(19)32(33,28(22)45-27)13-14-34(23)2/h4-11,17,20,23,26,28,35,41H,12-16H2,1-3H3,(H,37,38)/t17-,20-,23-,26-,28-,32-,33+/m0/s1. The summed E-state index contributed by atoms with van der Waals surface area (Å²) in [5.41, 5.74) is -0.0389. The number of esters is 3. The van der Waals surface area contributed by atoms with Gasteiger partial charge in [0.25, 0.3) is 0 Å². The Bertz CT molecular complexity index is 1610. The molecule has 2 aliphatic heterocycles. The molecule has 2 aliphatic carbocycles. The predicted octanol–water partition coefficient (Wildman–Crippen LogP) is 1.57. The minimum Gasteiger partial charge on any atom is -0.493 e. The zero-order chi connectivity index (χ0) is 33.0. The lowest BCUT2D eigenvalue weighted by Gasteiger charge is -2.61. The van der Waals surface area contributed by atoms with Crippen molar-refractivity contribution in [1.29, 1.82) is 0 Å². The molecule has 2 aromatic rings. The van der Waals surface area contributed by atoms with Crippen LogP contribution >= 0.6 is 0 Å². The monoisotopic (exact) mass is 637 g/mol. The molecule has 0 amide bonds. The first-order valence-electron chi connectivity index (χ1n) is 15.0. The van der Waals surface area contributed by atoms with Gasteiger partial charge in [0.1, 0.15) is 5.76 Å². The van der Waals surface area contributed by atoms with E-state index in [1.165, 1.54) is 19.2 Å². The Balaban J connectivity index is 1.13. The predicted molar refractivity (Wildman–Crippen MR) is 157 cm³/mol. The van der Waals surface area contributed by atoms with Gasteiger partial charge in [0.2, 0.25) is 6.10 Å². The summed E-state index contributed by atoms with van der Waals surface area (Å²) in [6.07, 6.45) is -3.95. The third-order valence-corrected chi connectivity index (χ3v) is 9.61. The molecule has 7 atom stereocenters.